The molecule has 74 valence electrons. The second-order valence-electron chi connectivity index (χ2n) is 2.67. The van der Waals surface area contributed by atoms with Gasteiger partial charge in [-0.1, -0.05) is 11.6 Å². The first-order valence-electron chi connectivity index (χ1n) is 3.89. The van der Waals surface area contributed by atoms with Crippen molar-refractivity contribution in [2.75, 3.05) is 10.6 Å². The van der Waals surface area contributed by atoms with Crippen LogP contribution in [0.3, 0.4) is 0 Å². The van der Waals surface area contributed by atoms with Gasteiger partial charge in [0.05, 0.1) is 10.7 Å². The molecule has 2 amide bonds. The van der Waals surface area contributed by atoms with E-state index >= 15 is 0 Å². The fourth-order valence-corrected chi connectivity index (χ4v) is 1.34. The Kier molecular flexibility index (Phi) is 3.48. The highest BCUT2D eigenvalue weighted by molar-refractivity contribution is 6.33. The van der Waals surface area contributed by atoms with E-state index in [0.717, 1.165) is 5.56 Å². The highest BCUT2D eigenvalue weighted by atomic mass is 35.5. The number of carbonyl (C=O) groups is 2. The Morgan fingerprint density at radius 1 is 1.14 bits per heavy atom. The molecule has 0 heterocycles. The lowest BCUT2D eigenvalue weighted by molar-refractivity contribution is -0.106. The van der Waals surface area contributed by atoms with Crippen molar-refractivity contribution in [3.05, 3.63) is 22.7 Å². The van der Waals surface area contributed by atoms with Gasteiger partial charge in [-0.05, 0) is 24.6 Å². The molecule has 0 saturated carbocycles. The van der Waals surface area contributed by atoms with Gasteiger partial charge in [0.2, 0.25) is 12.8 Å². The smallest absolute Gasteiger partial charge is 0.211 e. The summed E-state index contributed by atoms with van der Waals surface area (Å²) in [4.78, 5) is 20.5. The summed E-state index contributed by atoms with van der Waals surface area (Å²) in [5.74, 6) is 0. The molecule has 5 heteroatoms. The lowest BCUT2D eigenvalue weighted by atomic mass is 10.2. The molecular weight excluding hydrogens is 204 g/mol. The summed E-state index contributed by atoms with van der Waals surface area (Å²) in [6, 6.07) is 3.26. The summed E-state index contributed by atoms with van der Waals surface area (Å²) < 4.78 is 0. The molecule has 1 aromatic rings. The zero-order chi connectivity index (χ0) is 10.6. The van der Waals surface area contributed by atoms with E-state index in [0.29, 0.717) is 29.2 Å². The number of benzene rings is 1. The monoisotopic (exact) mass is 212 g/mol. The summed E-state index contributed by atoms with van der Waals surface area (Å²) >= 11 is 5.84. The number of rotatable bonds is 4. The number of hydrogen-bond donors (Lipinski definition) is 2. The minimum atomic E-state index is 0.436. The van der Waals surface area contributed by atoms with Crippen molar-refractivity contribution in [2.24, 2.45) is 0 Å². The summed E-state index contributed by atoms with van der Waals surface area (Å²) in [5, 5.41) is 5.38. The van der Waals surface area contributed by atoms with Gasteiger partial charge in [-0.25, -0.2) is 0 Å². The number of aryl methyl sites for hydroxylation is 1. The average Bonchev–Trinajstić information content (AvgIpc) is 2.14. The van der Waals surface area contributed by atoms with Crippen LogP contribution in [0, 0.1) is 6.92 Å². The van der Waals surface area contributed by atoms with Crippen molar-refractivity contribution in [3.63, 3.8) is 0 Å². The summed E-state index contributed by atoms with van der Waals surface area (Å²) in [7, 11) is 0. The molecule has 0 bridgehead atoms. The van der Waals surface area contributed by atoms with Crippen LogP contribution in [0.1, 0.15) is 5.56 Å². The predicted octanol–water partition coefficient (Wildman–Crippen LogP) is 1.79. The third-order valence-electron chi connectivity index (χ3n) is 1.74. The molecule has 14 heavy (non-hydrogen) atoms. The summed E-state index contributed by atoms with van der Waals surface area (Å²) in [6.45, 7) is 1.81. The van der Waals surface area contributed by atoms with Crippen LogP contribution in [-0.2, 0) is 9.59 Å². The van der Waals surface area contributed by atoms with Gasteiger partial charge in [0.1, 0.15) is 0 Å². The van der Waals surface area contributed by atoms with Gasteiger partial charge < -0.3 is 10.6 Å². The van der Waals surface area contributed by atoms with Gasteiger partial charge in [-0.2, -0.15) is 0 Å². The largest absolute Gasteiger partial charge is 0.328 e. The molecule has 0 aromatic heterocycles. The van der Waals surface area contributed by atoms with Gasteiger partial charge in [0.25, 0.3) is 0 Å². The molecule has 0 saturated heterocycles. The number of anilines is 2. The van der Waals surface area contributed by atoms with Crippen LogP contribution in [0.4, 0.5) is 11.4 Å². The average molecular weight is 213 g/mol. The molecule has 0 spiro atoms. The van der Waals surface area contributed by atoms with E-state index in [1.165, 1.54) is 0 Å². The summed E-state index contributed by atoms with van der Waals surface area (Å²) in [5.41, 5.74) is 1.92. The highest BCUT2D eigenvalue weighted by Crippen LogP contribution is 2.28. The zero-order valence-corrected chi connectivity index (χ0v) is 8.26. The normalized spacial score (nSPS) is 9.29. The number of amides is 2. The summed E-state index contributed by atoms with van der Waals surface area (Å²) in [6.07, 6.45) is 1.10. The first kappa shape index (κ1) is 10.5. The minimum absolute atomic E-state index is 0.436. The fourth-order valence-electron chi connectivity index (χ4n) is 1.07. The van der Waals surface area contributed by atoms with E-state index in [4.69, 9.17) is 11.6 Å². The molecule has 1 aromatic carbocycles. The lowest BCUT2D eigenvalue weighted by Gasteiger charge is -2.08. The van der Waals surface area contributed by atoms with Gasteiger partial charge in [-0.3, -0.25) is 9.59 Å². The quantitative estimate of drug-likeness (QED) is 0.748. The number of halogens is 1. The van der Waals surface area contributed by atoms with E-state index < -0.39 is 0 Å². The zero-order valence-electron chi connectivity index (χ0n) is 7.50. The van der Waals surface area contributed by atoms with E-state index in [-0.39, 0.29) is 0 Å². The highest BCUT2D eigenvalue weighted by Gasteiger charge is 2.04. The Bertz CT molecular complexity index is 335. The number of carbonyl (C=O) groups excluding carboxylic acids is 2. The van der Waals surface area contributed by atoms with E-state index in [9.17, 15) is 9.59 Å². The molecule has 0 atom stereocenters. The molecule has 0 unspecified atom stereocenters. The SMILES string of the molecule is Cc1cc(Cl)c(NC=O)cc1NC=O. The van der Waals surface area contributed by atoms with Crippen LogP contribution < -0.4 is 10.6 Å². The van der Waals surface area contributed by atoms with Crippen molar-refractivity contribution >= 4 is 35.8 Å². The second-order valence-corrected chi connectivity index (χ2v) is 3.08. The lowest BCUT2D eigenvalue weighted by Crippen LogP contribution is -2.00. The van der Waals surface area contributed by atoms with Crippen LogP contribution in [-0.4, -0.2) is 12.8 Å². The van der Waals surface area contributed by atoms with Crippen molar-refractivity contribution < 1.29 is 9.59 Å². The molecular formula is C9H9ClN2O2. The number of nitrogens with one attached hydrogen (secondary N) is 2. The van der Waals surface area contributed by atoms with E-state index in [1.54, 1.807) is 12.1 Å². The standard InChI is InChI=1S/C9H9ClN2O2/c1-6-2-7(10)9(12-5-14)3-8(6)11-4-13/h2-5H,1H3,(H,11,13)(H,12,14). The van der Waals surface area contributed by atoms with Gasteiger partial charge in [0.15, 0.2) is 0 Å². The number of hydrogen-bond acceptors (Lipinski definition) is 2. The fraction of sp³-hybridized carbons (Fsp3) is 0.111. The van der Waals surface area contributed by atoms with Gasteiger partial charge >= 0.3 is 0 Å². The van der Waals surface area contributed by atoms with Gasteiger partial charge in [0, 0.05) is 5.69 Å². The maximum absolute atomic E-state index is 10.2. The molecule has 0 aliphatic heterocycles. The van der Waals surface area contributed by atoms with Crippen LogP contribution in [0.15, 0.2) is 12.1 Å². The molecule has 4 nitrogen and oxygen atoms in total. The molecule has 1 rings (SSSR count). The Morgan fingerprint density at radius 2 is 1.71 bits per heavy atom. The predicted molar refractivity (Wildman–Crippen MR) is 55.6 cm³/mol. The van der Waals surface area contributed by atoms with Crippen molar-refractivity contribution in [3.8, 4) is 0 Å². The molecule has 0 fully saturated rings. The van der Waals surface area contributed by atoms with Crippen LogP contribution in [0.2, 0.25) is 5.02 Å². The third kappa shape index (κ3) is 2.23. The Hall–Kier alpha value is -1.55. The van der Waals surface area contributed by atoms with E-state index in [2.05, 4.69) is 10.6 Å². The Balaban J connectivity index is 3.11. The maximum atomic E-state index is 10.2. The third-order valence-corrected chi connectivity index (χ3v) is 2.06. The molecule has 2 N–H and O–H groups in total. The van der Waals surface area contributed by atoms with Crippen LogP contribution in [0.25, 0.3) is 0 Å². The Labute approximate surface area is 86.3 Å². The molecule has 0 radical (unpaired) electrons. The Morgan fingerprint density at radius 3 is 2.29 bits per heavy atom. The second kappa shape index (κ2) is 4.62. The van der Waals surface area contributed by atoms with E-state index in [1.807, 2.05) is 6.92 Å². The van der Waals surface area contributed by atoms with Crippen LogP contribution in [0.5, 0.6) is 0 Å². The molecule has 0 aliphatic rings. The topological polar surface area (TPSA) is 58.2 Å². The van der Waals surface area contributed by atoms with Crippen LogP contribution >= 0.6 is 11.6 Å². The van der Waals surface area contributed by atoms with Crippen molar-refractivity contribution in [2.45, 2.75) is 6.92 Å². The first-order valence-corrected chi connectivity index (χ1v) is 4.27. The first-order chi connectivity index (χ1) is 6.69. The van der Waals surface area contributed by atoms with Crippen molar-refractivity contribution in [1.29, 1.82) is 0 Å². The maximum Gasteiger partial charge on any atom is 0.211 e. The van der Waals surface area contributed by atoms with Gasteiger partial charge in [-0.15, -0.1) is 0 Å². The molecule has 0 aliphatic carbocycles. The van der Waals surface area contributed by atoms with Crippen molar-refractivity contribution in [1.82, 2.24) is 0 Å². The minimum Gasteiger partial charge on any atom is -0.328 e.